The molecule has 2 N–H and O–H groups in total. The van der Waals surface area contributed by atoms with Gasteiger partial charge in [0.1, 0.15) is 16.4 Å². The molecule has 0 saturated carbocycles. The van der Waals surface area contributed by atoms with Crippen LogP contribution in [0, 0.1) is 13.8 Å². The van der Waals surface area contributed by atoms with E-state index in [2.05, 4.69) is 26.3 Å². The van der Waals surface area contributed by atoms with E-state index in [9.17, 15) is 9.59 Å². The smallest absolute Gasteiger partial charge is 0.259 e. The third kappa shape index (κ3) is 4.58. The molecule has 1 saturated heterocycles. The maximum Gasteiger partial charge on any atom is 0.259 e. The number of fused-ring (bicyclic) bond motifs is 1. The second-order valence-corrected chi connectivity index (χ2v) is 9.20. The third-order valence-corrected chi connectivity index (χ3v) is 6.99. The number of nitrogens with one attached hydrogen (secondary N) is 2. The number of benzene rings is 1. The number of methoxy groups -OCH3 is 1. The van der Waals surface area contributed by atoms with E-state index >= 15 is 0 Å². The Hall–Kier alpha value is -2.87. The van der Waals surface area contributed by atoms with E-state index in [0.29, 0.717) is 24.1 Å². The van der Waals surface area contributed by atoms with Crippen molar-refractivity contribution in [1.29, 1.82) is 0 Å². The van der Waals surface area contributed by atoms with E-state index in [0.717, 1.165) is 52.6 Å². The fraction of sp³-hybridized carbons (Fsp3) is 0.435. The zero-order chi connectivity index (χ0) is 22.0. The van der Waals surface area contributed by atoms with Crippen LogP contribution in [0.1, 0.15) is 35.5 Å². The third-order valence-electron chi connectivity index (χ3n) is 5.89. The predicted octanol–water partition coefficient (Wildman–Crippen LogP) is 3.33. The highest BCUT2D eigenvalue weighted by molar-refractivity contribution is 7.18. The molecule has 1 fully saturated rings. The number of nitrogens with zero attached hydrogens (tertiary/aromatic N) is 2. The molecule has 4 rings (SSSR count). The minimum Gasteiger partial charge on any atom is -0.495 e. The molecule has 3 aromatic rings. The summed E-state index contributed by atoms with van der Waals surface area (Å²) in [7, 11) is 1.68. The van der Waals surface area contributed by atoms with Crippen molar-refractivity contribution in [3.8, 4) is 5.75 Å². The van der Waals surface area contributed by atoms with Crippen molar-refractivity contribution in [1.82, 2.24) is 15.3 Å². The van der Waals surface area contributed by atoms with Gasteiger partial charge in [0.05, 0.1) is 18.2 Å². The molecule has 1 unspecified atom stereocenters. The largest absolute Gasteiger partial charge is 0.495 e. The number of hydrogen-bond donors (Lipinski definition) is 2. The first-order valence-electron chi connectivity index (χ1n) is 10.6. The number of ether oxygens (including phenoxy) is 1. The van der Waals surface area contributed by atoms with Gasteiger partial charge < -0.3 is 19.9 Å². The van der Waals surface area contributed by atoms with Crippen LogP contribution in [0.3, 0.4) is 0 Å². The molecule has 2 aromatic heterocycles. The first-order chi connectivity index (χ1) is 15.0. The van der Waals surface area contributed by atoms with Crippen molar-refractivity contribution < 1.29 is 9.53 Å². The highest BCUT2D eigenvalue weighted by Gasteiger charge is 2.23. The van der Waals surface area contributed by atoms with E-state index in [1.807, 2.05) is 32.0 Å². The van der Waals surface area contributed by atoms with Gasteiger partial charge in [0.15, 0.2) is 0 Å². The number of amides is 1. The number of rotatable bonds is 6. The summed E-state index contributed by atoms with van der Waals surface area (Å²) in [5.41, 5.74) is 1.91. The van der Waals surface area contributed by atoms with E-state index in [1.54, 1.807) is 7.11 Å². The van der Waals surface area contributed by atoms with E-state index in [4.69, 9.17) is 4.74 Å². The summed E-state index contributed by atoms with van der Waals surface area (Å²) in [6.45, 7) is 5.63. The average molecular weight is 441 g/mol. The summed E-state index contributed by atoms with van der Waals surface area (Å²) < 4.78 is 5.49. The highest BCUT2D eigenvalue weighted by Crippen LogP contribution is 2.30. The van der Waals surface area contributed by atoms with Crippen LogP contribution in [0.25, 0.3) is 10.2 Å². The topological polar surface area (TPSA) is 87.3 Å². The van der Waals surface area contributed by atoms with Gasteiger partial charge in [-0.15, -0.1) is 11.3 Å². The Bertz CT molecular complexity index is 1150. The number of aryl methyl sites for hydroxylation is 3. The standard InChI is InChI=1S/C23H28N4O3S/c1-14-15(2)31-23-21(14)22(29)25-19(26-23)10-11-20(28)24-16-7-6-12-27(13-16)17-8-4-5-9-18(17)30-3/h4-5,8-9,16H,6-7,10-13H2,1-3H3,(H,24,28)(H,25,26,29). The molecule has 164 valence electrons. The van der Waals surface area contributed by atoms with Crippen LogP contribution in [0.5, 0.6) is 5.75 Å². The van der Waals surface area contributed by atoms with Gasteiger partial charge in [-0.1, -0.05) is 12.1 Å². The van der Waals surface area contributed by atoms with Crippen LogP contribution in [-0.2, 0) is 11.2 Å². The number of hydrogen-bond acceptors (Lipinski definition) is 6. The first-order valence-corrected chi connectivity index (χ1v) is 11.4. The normalized spacial score (nSPS) is 16.5. The van der Waals surface area contributed by atoms with Crippen LogP contribution in [-0.4, -0.2) is 42.1 Å². The van der Waals surface area contributed by atoms with Gasteiger partial charge in [-0.2, -0.15) is 0 Å². The summed E-state index contributed by atoms with van der Waals surface area (Å²) >= 11 is 1.52. The maximum absolute atomic E-state index is 12.6. The first kappa shape index (κ1) is 21.4. The van der Waals surface area contributed by atoms with Crippen LogP contribution in [0.2, 0.25) is 0 Å². The number of anilines is 1. The van der Waals surface area contributed by atoms with Gasteiger partial charge in [0.2, 0.25) is 5.91 Å². The molecule has 8 heteroatoms. The van der Waals surface area contributed by atoms with Gasteiger partial charge in [0, 0.05) is 36.9 Å². The van der Waals surface area contributed by atoms with Gasteiger partial charge in [-0.25, -0.2) is 4.98 Å². The van der Waals surface area contributed by atoms with Crippen molar-refractivity contribution in [3.63, 3.8) is 0 Å². The summed E-state index contributed by atoms with van der Waals surface area (Å²) in [4.78, 5) is 36.5. The van der Waals surface area contributed by atoms with Gasteiger partial charge >= 0.3 is 0 Å². The quantitative estimate of drug-likeness (QED) is 0.614. The molecular formula is C23H28N4O3S. The summed E-state index contributed by atoms with van der Waals surface area (Å²) in [6, 6.07) is 8.05. The Morgan fingerprint density at radius 1 is 1.35 bits per heavy atom. The Kier molecular flexibility index (Phi) is 6.27. The fourth-order valence-corrected chi connectivity index (χ4v) is 5.20. The van der Waals surface area contributed by atoms with Gasteiger partial charge in [-0.3, -0.25) is 9.59 Å². The van der Waals surface area contributed by atoms with Crippen LogP contribution in [0.4, 0.5) is 5.69 Å². The lowest BCUT2D eigenvalue weighted by Gasteiger charge is -2.35. The van der Waals surface area contributed by atoms with Crippen molar-refractivity contribution in [3.05, 3.63) is 50.9 Å². The number of para-hydroxylation sites is 2. The minimum atomic E-state index is -0.123. The number of aromatic nitrogens is 2. The monoisotopic (exact) mass is 440 g/mol. The second kappa shape index (κ2) is 9.09. The lowest BCUT2D eigenvalue weighted by Crippen LogP contribution is -2.48. The molecule has 1 aliphatic heterocycles. The number of aromatic amines is 1. The Labute approximate surface area is 185 Å². The van der Waals surface area contributed by atoms with Crippen molar-refractivity contribution in [2.45, 2.75) is 45.6 Å². The number of H-pyrrole nitrogens is 1. The second-order valence-electron chi connectivity index (χ2n) is 8.00. The fourth-order valence-electron chi connectivity index (χ4n) is 4.15. The van der Waals surface area contributed by atoms with E-state index in [1.165, 1.54) is 11.3 Å². The van der Waals surface area contributed by atoms with Crippen LogP contribution < -0.4 is 20.5 Å². The summed E-state index contributed by atoms with van der Waals surface area (Å²) in [5.74, 6) is 1.39. The van der Waals surface area contributed by atoms with Crippen molar-refractivity contribution >= 4 is 33.1 Å². The molecule has 0 radical (unpaired) electrons. The summed E-state index contributed by atoms with van der Waals surface area (Å²) in [6.07, 6.45) is 2.66. The highest BCUT2D eigenvalue weighted by atomic mass is 32.1. The molecule has 0 bridgehead atoms. The zero-order valence-electron chi connectivity index (χ0n) is 18.2. The molecule has 3 heterocycles. The molecule has 1 amide bonds. The molecule has 1 aliphatic rings. The lowest BCUT2D eigenvalue weighted by atomic mass is 10.0. The van der Waals surface area contributed by atoms with Crippen molar-refractivity contribution in [2.24, 2.45) is 0 Å². The Morgan fingerprint density at radius 3 is 2.97 bits per heavy atom. The molecule has 0 aliphatic carbocycles. The molecule has 0 spiro atoms. The molecule has 1 aromatic carbocycles. The van der Waals surface area contributed by atoms with Crippen molar-refractivity contribution in [2.75, 3.05) is 25.1 Å². The molecule has 31 heavy (non-hydrogen) atoms. The van der Waals surface area contributed by atoms with Crippen LogP contribution in [0.15, 0.2) is 29.1 Å². The zero-order valence-corrected chi connectivity index (χ0v) is 19.0. The van der Waals surface area contributed by atoms with E-state index < -0.39 is 0 Å². The number of carbonyl (C=O) groups excluding carboxylic acids is 1. The number of carbonyl (C=O) groups is 1. The number of thiophene rings is 1. The Morgan fingerprint density at radius 2 is 2.16 bits per heavy atom. The Balaban J connectivity index is 1.37. The molecule has 7 nitrogen and oxygen atoms in total. The predicted molar refractivity (Wildman–Crippen MR) is 124 cm³/mol. The maximum atomic E-state index is 12.6. The lowest BCUT2D eigenvalue weighted by molar-refractivity contribution is -0.121. The SMILES string of the molecule is COc1ccccc1N1CCCC(NC(=O)CCc2nc3sc(C)c(C)c3c(=O)[nH]2)C1. The average Bonchev–Trinajstić information content (AvgIpc) is 3.06. The minimum absolute atomic E-state index is 0.0202. The van der Waals surface area contributed by atoms with Gasteiger partial charge in [-0.05, 0) is 44.4 Å². The summed E-state index contributed by atoms with van der Waals surface area (Å²) in [5, 5.41) is 3.81. The molecule has 1 atom stereocenters. The van der Waals surface area contributed by atoms with Gasteiger partial charge in [0.25, 0.3) is 5.56 Å². The molecular weight excluding hydrogens is 412 g/mol. The van der Waals surface area contributed by atoms with Crippen LogP contribution >= 0.6 is 11.3 Å². The van der Waals surface area contributed by atoms with E-state index in [-0.39, 0.29) is 17.5 Å². The number of piperidine rings is 1.